The fourth-order valence-corrected chi connectivity index (χ4v) is 3.39. The van der Waals surface area contributed by atoms with Crippen molar-refractivity contribution in [2.45, 2.75) is 71.1 Å². The summed E-state index contributed by atoms with van der Waals surface area (Å²) in [5.74, 6) is -1.01. The van der Waals surface area contributed by atoms with Crippen LogP contribution in [0.3, 0.4) is 0 Å². The van der Waals surface area contributed by atoms with Crippen molar-refractivity contribution in [2.24, 2.45) is 5.73 Å². The average molecular weight is 467 g/mol. The molecule has 3 N–H and O–H groups in total. The molecular formula is C29H42N2O3. The summed E-state index contributed by atoms with van der Waals surface area (Å²) in [4.78, 5) is 25.5. The molecule has 0 atom stereocenters. The van der Waals surface area contributed by atoms with Gasteiger partial charge in [0.15, 0.2) is 0 Å². The minimum atomic E-state index is -0.965. The summed E-state index contributed by atoms with van der Waals surface area (Å²) in [5, 5.41) is 9.46. The lowest BCUT2D eigenvalue weighted by Crippen LogP contribution is -2.32. The van der Waals surface area contributed by atoms with Gasteiger partial charge in [-0.25, -0.2) is 4.79 Å². The predicted molar refractivity (Wildman–Crippen MR) is 142 cm³/mol. The smallest absolute Gasteiger partial charge is 0.333 e. The highest BCUT2D eigenvalue weighted by Gasteiger charge is 2.22. The molecule has 0 spiro atoms. The number of nitrogens with two attached hydrogens (primary N) is 1. The highest BCUT2D eigenvalue weighted by molar-refractivity contribution is 5.90. The number of nitrogens with zero attached hydrogens (tertiary/aromatic N) is 1. The first kappa shape index (κ1) is 29.1. The number of hydrogen-bond donors (Lipinski definition) is 2. The van der Waals surface area contributed by atoms with Crippen molar-refractivity contribution >= 4 is 11.9 Å². The van der Waals surface area contributed by atoms with Crippen LogP contribution in [-0.2, 0) is 9.59 Å². The van der Waals surface area contributed by atoms with E-state index in [1.54, 1.807) is 12.3 Å². The first-order valence-electron chi connectivity index (χ1n) is 12.5. The molecule has 0 saturated carbocycles. The van der Waals surface area contributed by atoms with Gasteiger partial charge in [0.1, 0.15) is 0 Å². The van der Waals surface area contributed by atoms with Gasteiger partial charge in [0.2, 0.25) is 5.91 Å². The van der Waals surface area contributed by atoms with E-state index in [2.05, 4.69) is 67.7 Å². The van der Waals surface area contributed by atoms with Crippen molar-refractivity contribution in [3.8, 4) is 0 Å². The third kappa shape index (κ3) is 13.6. The molecule has 1 aliphatic rings. The second kappa shape index (κ2) is 19.5. The van der Waals surface area contributed by atoms with Gasteiger partial charge in [-0.15, -0.1) is 0 Å². The first-order chi connectivity index (χ1) is 16.6. The fourth-order valence-electron chi connectivity index (χ4n) is 3.39. The van der Waals surface area contributed by atoms with E-state index in [1.807, 2.05) is 0 Å². The van der Waals surface area contributed by atoms with Gasteiger partial charge in [0.05, 0.1) is 12.1 Å². The van der Waals surface area contributed by atoms with Gasteiger partial charge in [-0.1, -0.05) is 67.7 Å². The number of hydrogen-bond acceptors (Lipinski definition) is 3. The molecule has 186 valence electrons. The van der Waals surface area contributed by atoms with Crippen LogP contribution >= 0.6 is 0 Å². The molecule has 1 amide bonds. The van der Waals surface area contributed by atoms with Crippen LogP contribution < -0.4 is 5.73 Å². The van der Waals surface area contributed by atoms with Crippen LogP contribution in [0.4, 0.5) is 0 Å². The Morgan fingerprint density at radius 1 is 0.912 bits per heavy atom. The lowest BCUT2D eigenvalue weighted by atomic mass is 10.00. The van der Waals surface area contributed by atoms with Gasteiger partial charge in [0, 0.05) is 12.6 Å². The van der Waals surface area contributed by atoms with Crippen LogP contribution in [0.25, 0.3) is 0 Å². The van der Waals surface area contributed by atoms with Crippen LogP contribution in [0.5, 0.6) is 0 Å². The molecule has 34 heavy (non-hydrogen) atoms. The number of carbonyl (C=O) groups excluding carboxylic acids is 1. The first-order valence-corrected chi connectivity index (χ1v) is 12.5. The largest absolute Gasteiger partial charge is 0.478 e. The van der Waals surface area contributed by atoms with E-state index in [0.29, 0.717) is 25.0 Å². The summed E-state index contributed by atoms with van der Waals surface area (Å²) in [6.45, 7) is 2.79. The van der Waals surface area contributed by atoms with Gasteiger partial charge >= 0.3 is 5.97 Å². The molecule has 0 aromatic carbocycles. The number of rotatable bonds is 17. The molecule has 1 aliphatic heterocycles. The van der Waals surface area contributed by atoms with E-state index in [9.17, 15) is 14.7 Å². The maximum Gasteiger partial charge on any atom is 0.333 e. The summed E-state index contributed by atoms with van der Waals surface area (Å²) in [7, 11) is 0. The molecule has 0 bridgehead atoms. The van der Waals surface area contributed by atoms with Gasteiger partial charge in [0.25, 0.3) is 0 Å². The molecule has 5 nitrogen and oxygen atoms in total. The van der Waals surface area contributed by atoms with Crippen molar-refractivity contribution in [3.05, 3.63) is 84.2 Å². The standard InChI is InChI=1S/C29H42N2O3/c1-2-3-4-5-6-7-8-9-10-11-12-13-14-15-16-17-18-21-28(32)31-24-22-26(20-19-23-30)27(25-31)29(33)34/h3-4,6-7,9-10,12-13,15-16,22,24H,2,5,8,11,14,17-21,23,25,30H2,1H3,(H,33,34). The van der Waals surface area contributed by atoms with Gasteiger partial charge < -0.3 is 15.7 Å². The number of carboxylic acids is 1. The Morgan fingerprint density at radius 3 is 2.00 bits per heavy atom. The quantitative estimate of drug-likeness (QED) is 0.192. The Bertz CT molecular complexity index is 813. The predicted octanol–water partition coefficient (Wildman–Crippen LogP) is 6.38. The van der Waals surface area contributed by atoms with E-state index < -0.39 is 5.97 Å². The van der Waals surface area contributed by atoms with E-state index in [4.69, 9.17) is 5.73 Å². The second-order valence-corrected chi connectivity index (χ2v) is 8.14. The molecule has 0 aliphatic carbocycles. The van der Waals surface area contributed by atoms with E-state index >= 15 is 0 Å². The summed E-state index contributed by atoms with van der Waals surface area (Å²) >= 11 is 0. The minimum absolute atomic E-state index is 0.0415. The number of allylic oxidation sites excluding steroid dienone is 12. The molecule has 0 aromatic rings. The lowest BCUT2D eigenvalue weighted by Gasteiger charge is -2.24. The van der Waals surface area contributed by atoms with Crippen molar-refractivity contribution in [1.29, 1.82) is 0 Å². The van der Waals surface area contributed by atoms with Crippen molar-refractivity contribution < 1.29 is 14.7 Å². The third-order valence-electron chi connectivity index (χ3n) is 5.32. The lowest BCUT2D eigenvalue weighted by molar-refractivity contribution is -0.133. The van der Waals surface area contributed by atoms with Crippen molar-refractivity contribution in [2.75, 3.05) is 13.1 Å². The molecule has 0 aromatic heterocycles. The molecule has 0 radical (unpaired) electrons. The molecule has 5 heteroatoms. The van der Waals surface area contributed by atoms with Gasteiger partial charge in [-0.05, 0) is 76.0 Å². The molecule has 0 unspecified atom stereocenters. The van der Waals surface area contributed by atoms with Crippen LogP contribution in [0.2, 0.25) is 0 Å². The monoisotopic (exact) mass is 466 g/mol. The summed E-state index contributed by atoms with van der Waals surface area (Å²) in [6, 6.07) is 0. The summed E-state index contributed by atoms with van der Waals surface area (Å²) in [6.07, 6.45) is 33.4. The maximum atomic E-state index is 12.4. The number of unbranched alkanes of at least 4 members (excludes halogenated alkanes) is 1. The number of amides is 1. The summed E-state index contributed by atoms with van der Waals surface area (Å²) in [5.41, 5.74) is 6.58. The zero-order valence-electron chi connectivity index (χ0n) is 20.7. The zero-order valence-corrected chi connectivity index (χ0v) is 20.7. The maximum absolute atomic E-state index is 12.4. The minimum Gasteiger partial charge on any atom is -0.478 e. The normalized spacial score (nSPS) is 14.8. The Balaban J connectivity index is 2.18. The topological polar surface area (TPSA) is 83.6 Å². The fraction of sp³-hybridized carbons (Fsp3) is 0.448. The number of carbonyl (C=O) groups is 2. The average Bonchev–Trinajstić information content (AvgIpc) is 2.84. The molecule has 0 fully saturated rings. The van der Waals surface area contributed by atoms with Crippen LogP contribution in [0.1, 0.15) is 71.1 Å². The third-order valence-corrected chi connectivity index (χ3v) is 5.32. The van der Waals surface area contributed by atoms with E-state index in [-0.39, 0.29) is 12.5 Å². The van der Waals surface area contributed by atoms with Crippen molar-refractivity contribution in [3.63, 3.8) is 0 Å². The highest BCUT2D eigenvalue weighted by Crippen LogP contribution is 2.20. The number of aliphatic carboxylic acids is 1. The Labute approximate surface area is 205 Å². The van der Waals surface area contributed by atoms with Gasteiger partial charge in [-0.3, -0.25) is 4.79 Å². The van der Waals surface area contributed by atoms with Crippen molar-refractivity contribution in [1.82, 2.24) is 4.90 Å². The molecule has 1 rings (SSSR count). The summed E-state index contributed by atoms with van der Waals surface area (Å²) < 4.78 is 0. The van der Waals surface area contributed by atoms with E-state index in [0.717, 1.165) is 56.9 Å². The Hall–Kier alpha value is -2.92. The van der Waals surface area contributed by atoms with Crippen LogP contribution in [-0.4, -0.2) is 35.0 Å². The SMILES string of the molecule is CCC=CCC=CCC=CCC=CCC=CCCCC(=O)N1C=CC(CCCN)=C(C(=O)O)C1. The number of carboxylic acid groups (broad SMARTS) is 1. The van der Waals surface area contributed by atoms with E-state index in [1.165, 1.54) is 4.90 Å². The second-order valence-electron chi connectivity index (χ2n) is 8.14. The Kier molecular flexibility index (Phi) is 16.7. The molecule has 1 heterocycles. The van der Waals surface area contributed by atoms with Crippen LogP contribution in [0, 0.1) is 0 Å². The molecule has 0 saturated heterocycles. The Morgan fingerprint density at radius 2 is 1.47 bits per heavy atom. The zero-order chi connectivity index (χ0) is 24.9. The van der Waals surface area contributed by atoms with Crippen LogP contribution in [0.15, 0.2) is 84.2 Å². The molecular weight excluding hydrogens is 424 g/mol. The van der Waals surface area contributed by atoms with Gasteiger partial charge in [-0.2, -0.15) is 0 Å². The highest BCUT2D eigenvalue weighted by atomic mass is 16.4.